The molecule has 0 saturated heterocycles. The average Bonchev–Trinajstić information content (AvgIpc) is 2.34. The van der Waals surface area contributed by atoms with Gasteiger partial charge >= 0.3 is 5.97 Å². The van der Waals surface area contributed by atoms with Crippen LogP contribution in [0, 0.1) is 6.92 Å². The number of carbonyl (C=O) groups excluding carboxylic acids is 1. The summed E-state index contributed by atoms with van der Waals surface area (Å²) in [5.74, 6) is -0.960. The molecule has 0 aliphatic rings. The third-order valence-corrected chi connectivity index (χ3v) is 3.11. The Morgan fingerprint density at radius 2 is 2.16 bits per heavy atom. The summed E-state index contributed by atoms with van der Waals surface area (Å²) in [4.78, 5) is 22.3. The van der Waals surface area contributed by atoms with E-state index >= 15 is 0 Å². The number of hydrogen-bond donors (Lipinski definition) is 2. The van der Waals surface area contributed by atoms with E-state index < -0.39 is 17.9 Å². The summed E-state index contributed by atoms with van der Waals surface area (Å²) in [5, 5.41) is 11.2. The summed E-state index contributed by atoms with van der Waals surface area (Å²) >= 11 is 3.33. The van der Waals surface area contributed by atoms with Crippen molar-refractivity contribution in [2.45, 2.75) is 26.3 Å². The standard InChI is InChI=1S/C13H16BrNO4/c1-3-10(13(17)18)15-12(16)7-19-11-5-4-8(2)6-9(11)14/h4-6,10H,3,7H2,1-2H3,(H,15,16)(H,17,18)/t10-/m1/s1. The van der Waals surface area contributed by atoms with Crippen LogP contribution < -0.4 is 10.1 Å². The first-order valence-electron chi connectivity index (χ1n) is 5.85. The fraction of sp³-hybridized carbons (Fsp3) is 0.385. The highest BCUT2D eigenvalue weighted by Gasteiger charge is 2.17. The van der Waals surface area contributed by atoms with Crippen molar-refractivity contribution in [3.8, 4) is 5.75 Å². The molecule has 0 bridgehead atoms. The Morgan fingerprint density at radius 3 is 2.68 bits per heavy atom. The quantitative estimate of drug-likeness (QED) is 0.838. The van der Waals surface area contributed by atoms with Crippen molar-refractivity contribution < 1.29 is 19.4 Å². The summed E-state index contributed by atoms with van der Waals surface area (Å²) < 4.78 is 6.08. The van der Waals surface area contributed by atoms with E-state index in [0.29, 0.717) is 12.2 Å². The zero-order valence-corrected chi connectivity index (χ0v) is 12.4. The third-order valence-electron chi connectivity index (χ3n) is 2.49. The average molecular weight is 330 g/mol. The first-order valence-corrected chi connectivity index (χ1v) is 6.64. The number of benzene rings is 1. The number of carboxylic acids is 1. The van der Waals surface area contributed by atoms with Gasteiger partial charge in [-0.05, 0) is 47.0 Å². The van der Waals surface area contributed by atoms with Gasteiger partial charge in [0.05, 0.1) is 4.47 Å². The SMILES string of the molecule is CC[C@@H](NC(=O)COc1ccc(C)cc1Br)C(=O)O. The van der Waals surface area contributed by atoms with Crippen LogP contribution in [-0.4, -0.2) is 29.6 Å². The van der Waals surface area contributed by atoms with Crippen molar-refractivity contribution in [1.82, 2.24) is 5.32 Å². The van der Waals surface area contributed by atoms with Gasteiger partial charge < -0.3 is 15.2 Å². The van der Waals surface area contributed by atoms with Gasteiger partial charge in [-0.2, -0.15) is 0 Å². The van der Waals surface area contributed by atoms with Gasteiger partial charge in [0.2, 0.25) is 0 Å². The second-order valence-corrected chi connectivity index (χ2v) is 4.94. The normalized spacial score (nSPS) is 11.7. The molecule has 104 valence electrons. The molecule has 0 heterocycles. The molecule has 0 saturated carbocycles. The molecular formula is C13H16BrNO4. The molecule has 1 atom stereocenters. The Balaban J connectivity index is 2.52. The number of halogens is 1. The number of aliphatic carboxylic acids is 1. The van der Waals surface area contributed by atoms with Crippen molar-refractivity contribution >= 4 is 27.8 Å². The molecular weight excluding hydrogens is 314 g/mol. The molecule has 1 rings (SSSR count). The Bertz CT molecular complexity index is 476. The van der Waals surface area contributed by atoms with Gasteiger partial charge in [0.1, 0.15) is 11.8 Å². The number of nitrogens with one attached hydrogen (secondary N) is 1. The minimum Gasteiger partial charge on any atom is -0.483 e. The van der Waals surface area contributed by atoms with E-state index in [1.165, 1.54) is 0 Å². The number of ether oxygens (including phenoxy) is 1. The van der Waals surface area contributed by atoms with Crippen LogP contribution in [0.4, 0.5) is 0 Å². The summed E-state index contributed by atoms with van der Waals surface area (Å²) in [7, 11) is 0. The highest BCUT2D eigenvalue weighted by atomic mass is 79.9. The first-order chi connectivity index (χ1) is 8.93. The van der Waals surface area contributed by atoms with Crippen molar-refractivity contribution in [3.63, 3.8) is 0 Å². The molecule has 0 spiro atoms. The van der Waals surface area contributed by atoms with Crippen LogP contribution in [0.1, 0.15) is 18.9 Å². The summed E-state index contributed by atoms with van der Waals surface area (Å²) in [5.41, 5.74) is 1.07. The van der Waals surface area contributed by atoms with E-state index in [0.717, 1.165) is 10.0 Å². The van der Waals surface area contributed by atoms with E-state index in [-0.39, 0.29) is 6.61 Å². The third kappa shape index (κ3) is 4.90. The molecule has 2 N–H and O–H groups in total. The predicted octanol–water partition coefficient (Wildman–Crippen LogP) is 2.12. The molecule has 0 radical (unpaired) electrons. The minimum absolute atomic E-state index is 0.217. The molecule has 1 aromatic carbocycles. The Morgan fingerprint density at radius 1 is 1.47 bits per heavy atom. The van der Waals surface area contributed by atoms with Gasteiger partial charge in [0, 0.05) is 0 Å². The van der Waals surface area contributed by atoms with Crippen molar-refractivity contribution in [2.24, 2.45) is 0 Å². The molecule has 5 nitrogen and oxygen atoms in total. The summed E-state index contributed by atoms with van der Waals surface area (Å²) in [6.07, 6.45) is 0.329. The number of carbonyl (C=O) groups is 2. The lowest BCUT2D eigenvalue weighted by atomic mass is 10.2. The maximum absolute atomic E-state index is 11.6. The number of aryl methyl sites for hydroxylation is 1. The largest absolute Gasteiger partial charge is 0.483 e. The zero-order valence-electron chi connectivity index (χ0n) is 10.8. The van der Waals surface area contributed by atoms with Crippen LogP contribution in [0.25, 0.3) is 0 Å². The van der Waals surface area contributed by atoms with Crippen LogP contribution >= 0.6 is 15.9 Å². The van der Waals surface area contributed by atoms with Crippen LogP contribution in [0.2, 0.25) is 0 Å². The topological polar surface area (TPSA) is 75.6 Å². The number of hydrogen-bond acceptors (Lipinski definition) is 3. The molecule has 0 aliphatic heterocycles. The molecule has 0 aromatic heterocycles. The molecule has 1 amide bonds. The monoisotopic (exact) mass is 329 g/mol. The van der Waals surface area contributed by atoms with E-state index in [1.807, 2.05) is 19.1 Å². The second kappa shape index (κ2) is 7.13. The van der Waals surface area contributed by atoms with E-state index in [4.69, 9.17) is 9.84 Å². The smallest absolute Gasteiger partial charge is 0.326 e. The van der Waals surface area contributed by atoms with E-state index in [2.05, 4.69) is 21.2 Å². The summed E-state index contributed by atoms with van der Waals surface area (Å²) in [6.45, 7) is 3.42. The fourth-order valence-corrected chi connectivity index (χ4v) is 2.05. The highest BCUT2D eigenvalue weighted by Crippen LogP contribution is 2.25. The molecule has 19 heavy (non-hydrogen) atoms. The van der Waals surface area contributed by atoms with Crippen molar-refractivity contribution in [1.29, 1.82) is 0 Å². The minimum atomic E-state index is -1.05. The number of amides is 1. The maximum atomic E-state index is 11.6. The van der Waals surface area contributed by atoms with Crippen LogP contribution in [0.3, 0.4) is 0 Å². The van der Waals surface area contributed by atoms with Crippen molar-refractivity contribution in [3.05, 3.63) is 28.2 Å². The van der Waals surface area contributed by atoms with Gasteiger partial charge in [-0.3, -0.25) is 4.79 Å². The van der Waals surface area contributed by atoms with E-state index in [9.17, 15) is 9.59 Å². The van der Waals surface area contributed by atoms with Crippen molar-refractivity contribution in [2.75, 3.05) is 6.61 Å². The van der Waals surface area contributed by atoms with Crippen LogP contribution in [0.15, 0.2) is 22.7 Å². The maximum Gasteiger partial charge on any atom is 0.326 e. The summed E-state index contributed by atoms with van der Waals surface area (Å²) in [6, 6.07) is 4.61. The van der Waals surface area contributed by atoms with Crippen LogP contribution in [-0.2, 0) is 9.59 Å². The zero-order chi connectivity index (χ0) is 14.4. The lowest BCUT2D eigenvalue weighted by molar-refractivity contribution is -0.142. The molecule has 0 aliphatic carbocycles. The number of rotatable bonds is 6. The Labute approximate surface area is 120 Å². The van der Waals surface area contributed by atoms with Gasteiger partial charge in [-0.1, -0.05) is 13.0 Å². The van der Waals surface area contributed by atoms with Gasteiger partial charge in [-0.15, -0.1) is 0 Å². The second-order valence-electron chi connectivity index (χ2n) is 4.09. The highest BCUT2D eigenvalue weighted by molar-refractivity contribution is 9.10. The van der Waals surface area contributed by atoms with Gasteiger partial charge in [0.15, 0.2) is 6.61 Å². The molecule has 0 unspecified atom stereocenters. The van der Waals surface area contributed by atoms with Gasteiger partial charge in [-0.25, -0.2) is 4.79 Å². The first kappa shape index (κ1) is 15.5. The van der Waals surface area contributed by atoms with E-state index in [1.54, 1.807) is 13.0 Å². The Hall–Kier alpha value is -1.56. The fourth-order valence-electron chi connectivity index (χ4n) is 1.44. The number of carboxylic acid groups (broad SMARTS) is 1. The van der Waals surface area contributed by atoms with Crippen LogP contribution in [0.5, 0.6) is 5.75 Å². The molecule has 0 fully saturated rings. The predicted molar refractivity (Wildman–Crippen MR) is 74.2 cm³/mol. The lowest BCUT2D eigenvalue weighted by Gasteiger charge is -2.13. The molecule has 6 heteroatoms. The lowest BCUT2D eigenvalue weighted by Crippen LogP contribution is -2.42. The molecule has 1 aromatic rings. The van der Waals surface area contributed by atoms with Gasteiger partial charge in [0.25, 0.3) is 5.91 Å². The Kier molecular flexibility index (Phi) is 5.82.